The molecule has 0 aromatic heterocycles. The van der Waals surface area contributed by atoms with Crippen molar-refractivity contribution in [3.05, 3.63) is 41.5 Å². The molecule has 0 saturated carbocycles. The van der Waals surface area contributed by atoms with Gasteiger partial charge in [-0.15, -0.1) is 0 Å². The molecular weight excluding hydrogens is 588 g/mol. The number of hydrogen-bond donors (Lipinski definition) is 0. The first kappa shape index (κ1) is 32.2. The van der Waals surface area contributed by atoms with E-state index >= 15 is 0 Å². The van der Waals surface area contributed by atoms with Crippen LogP contribution in [0.15, 0.2) is 35.9 Å². The van der Waals surface area contributed by atoms with E-state index in [1.165, 1.54) is 0 Å². The van der Waals surface area contributed by atoms with Crippen molar-refractivity contribution in [2.24, 2.45) is 0 Å². The minimum Gasteiger partial charge on any atom is -0.497 e. The maximum atomic E-state index is 12.5. The second kappa shape index (κ2) is 11.0. The number of hydrogen-bond acceptors (Lipinski definition) is 9. The van der Waals surface area contributed by atoms with Crippen LogP contribution in [0.1, 0.15) is 46.6 Å². The van der Waals surface area contributed by atoms with Crippen molar-refractivity contribution < 1.29 is 40.7 Å². The van der Waals surface area contributed by atoms with E-state index in [1.807, 2.05) is 30.3 Å². The van der Waals surface area contributed by atoms with Gasteiger partial charge in [-0.1, -0.05) is 56.6 Å². The molecule has 9 nitrogen and oxygen atoms in total. The lowest BCUT2D eigenvalue weighted by atomic mass is 9.92. The van der Waals surface area contributed by atoms with Crippen LogP contribution >= 0.6 is 0 Å². The molecule has 0 N–H and O–H groups in total. The van der Waals surface area contributed by atoms with Crippen LogP contribution in [0.3, 0.4) is 0 Å². The molecule has 2 saturated heterocycles. The zero-order valence-corrected chi connectivity index (χ0v) is 28.2. The largest absolute Gasteiger partial charge is 0.497 e. The van der Waals surface area contributed by atoms with E-state index in [4.69, 9.17) is 32.3 Å². The molecule has 2 heterocycles. The van der Waals surface area contributed by atoms with Crippen LogP contribution < -0.4 is 4.74 Å². The Kier molecular flexibility index (Phi) is 8.24. The molecule has 2 fully saturated rings. The highest BCUT2D eigenvalue weighted by Gasteiger charge is 2.70. The molecule has 5 rings (SSSR count). The van der Waals surface area contributed by atoms with Crippen LogP contribution in [0.5, 0.6) is 5.75 Å². The zero-order chi connectivity index (χ0) is 31.5. The topological polar surface area (TPSA) is 102 Å². The first-order valence-electron chi connectivity index (χ1n) is 14.5. The van der Waals surface area contributed by atoms with Crippen molar-refractivity contribution in [2.45, 2.75) is 107 Å². The molecule has 2 aliphatic heterocycles. The van der Waals surface area contributed by atoms with Gasteiger partial charge in [0.1, 0.15) is 18.0 Å². The van der Waals surface area contributed by atoms with Crippen LogP contribution in [0, 0.1) is 23.7 Å². The van der Waals surface area contributed by atoms with E-state index in [1.54, 1.807) is 21.0 Å². The lowest BCUT2D eigenvalue weighted by Crippen LogP contribution is -2.49. The average molecular weight is 631 g/mol. The monoisotopic (exact) mass is 630 g/mol. The molecule has 2 aliphatic carbocycles. The first-order chi connectivity index (χ1) is 19.9. The predicted molar refractivity (Wildman–Crippen MR) is 163 cm³/mol. The third-order valence-electron chi connectivity index (χ3n) is 8.77. The maximum Gasteiger partial charge on any atom is 0.265 e. The van der Waals surface area contributed by atoms with Crippen molar-refractivity contribution in [3.63, 3.8) is 0 Å². The maximum absolute atomic E-state index is 12.5. The van der Waals surface area contributed by atoms with Gasteiger partial charge in [-0.2, -0.15) is 8.42 Å². The van der Waals surface area contributed by atoms with Gasteiger partial charge in [0.05, 0.1) is 39.1 Å². The smallest absolute Gasteiger partial charge is 0.265 e. The van der Waals surface area contributed by atoms with Gasteiger partial charge < -0.3 is 28.1 Å². The predicted octanol–water partition coefficient (Wildman–Crippen LogP) is 4.33. The summed E-state index contributed by atoms with van der Waals surface area (Å²) in [6.07, 6.45) is 0.676. The molecule has 1 aromatic carbocycles. The molecule has 0 bridgehead atoms. The molecule has 234 valence electrons. The standard InChI is InChI=1S/C32H42O9SSi/c1-29(2,3)43(8,9)40-25-19-23-16-18-31(41-42(7,33)34,27-21-37-30(4,5)38-27)17-10-11-26-32(23,39-26)28(25)36-20-22-12-14-24(35-6)15-13-22/h12-15,19,25-28H,17,20-21H2,1-9H3/t25-,26-,27+,28+,31+,32-/m0/s1. The molecule has 1 spiro atoms. The summed E-state index contributed by atoms with van der Waals surface area (Å²) in [5.74, 6) is 12.5. The Morgan fingerprint density at radius 1 is 1.12 bits per heavy atom. The van der Waals surface area contributed by atoms with Crippen LogP contribution in [0.2, 0.25) is 18.1 Å². The summed E-state index contributed by atoms with van der Waals surface area (Å²) >= 11 is 0. The van der Waals surface area contributed by atoms with E-state index in [0.717, 1.165) is 17.6 Å². The highest BCUT2D eigenvalue weighted by Crippen LogP contribution is 2.54. The van der Waals surface area contributed by atoms with Gasteiger partial charge in [0.15, 0.2) is 31.4 Å². The SMILES string of the molecule is COc1ccc(CO[C@@H]2[C@@H](O[Si](C)(C)C(C)(C)C)C=C3C#C[C@@](OS(C)(=O)=O)([C@H]4COC(C)(C)O4)CC#C[C@@H]4O[C@@]342)cc1. The quantitative estimate of drug-likeness (QED) is 0.171. The van der Waals surface area contributed by atoms with Crippen LogP contribution in [0.4, 0.5) is 0 Å². The average Bonchev–Trinajstić information content (AvgIpc) is 3.34. The third-order valence-corrected chi connectivity index (χ3v) is 13.8. The Morgan fingerprint density at radius 2 is 1.81 bits per heavy atom. The fourth-order valence-electron chi connectivity index (χ4n) is 5.35. The lowest BCUT2D eigenvalue weighted by Gasteiger charge is -2.39. The molecule has 0 radical (unpaired) electrons. The third kappa shape index (κ3) is 6.47. The van der Waals surface area contributed by atoms with E-state index in [9.17, 15) is 8.42 Å². The highest BCUT2D eigenvalue weighted by atomic mass is 32.2. The van der Waals surface area contributed by atoms with Crippen LogP contribution in [-0.4, -0.2) is 78.1 Å². The summed E-state index contributed by atoms with van der Waals surface area (Å²) in [4.78, 5) is 0. The van der Waals surface area contributed by atoms with Crippen LogP contribution in [-0.2, 0) is 44.3 Å². The van der Waals surface area contributed by atoms with Gasteiger partial charge in [-0.3, -0.25) is 0 Å². The van der Waals surface area contributed by atoms with Crippen molar-refractivity contribution >= 4 is 18.4 Å². The van der Waals surface area contributed by atoms with Gasteiger partial charge in [0.25, 0.3) is 10.1 Å². The summed E-state index contributed by atoms with van der Waals surface area (Å²) in [7, 11) is -4.57. The van der Waals surface area contributed by atoms with Gasteiger partial charge in [-0.05, 0) is 55.8 Å². The first-order valence-corrected chi connectivity index (χ1v) is 19.2. The molecule has 11 heteroatoms. The highest BCUT2D eigenvalue weighted by molar-refractivity contribution is 7.86. The number of ether oxygens (including phenoxy) is 5. The normalized spacial score (nSPS) is 32.9. The Morgan fingerprint density at radius 3 is 2.40 bits per heavy atom. The Hall–Kier alpha value is -2.19. The number of rotatable bonds is 9. The zero-order valence-electron chi connectivity index (χ0n) is 26.4. The van der Waals surface area contributed by atoms with Crippen LogP contribution in [0.25, 0.3) is 0 Å². The fourth-order valence-corrected chi connectivity index (χ4v) is 7.33. The second-order valence-electron chi connectivity index (χ2n) is 13.5. The number of benzene rings is 1. The van der Waals surface area contributed by atoms with Gasteiger partial charge in [0, 0.05) is 5.57 Å². The number of methoxy groups -OCH3 is 1. The van der Waals surface area contributed by atoms with E-state index < -0.39 is 59.8 Å². The fraction of sp³-hybridized carbons (Fsp3) is 0.625. The summed E-state index contributed by atoms with van der Waals surface area (Å²) < 4.78 is 67.7. The molecule has 6 atom stereocenters. The van der Waals surface area contributed by atoms with Crippen molar-refractivity contribution in [1.82, 2.24) is 0 Å². The summed E-state index contributed by atoms with van der Waals surface area (Å²) in [5, 5.41) is -0.0525. The van der Waals surface area contributed by atoms with E-state index in [-0.39, 0.29) is 18.1 Å². The van der Waals surface area contributed by atoms with Crippen molar-refractivity contribution in [1.29, 1.82) is 0 Å². The molecule has 0 amide bonds. The lowest BCUT2D eigenvalue weighted by molar-refractivity contribution is -0.155. The minimum atomic E-state index is -3.94. The van der Waals surface area contributed by atoms with Gasteiger partial charge >= 0.3 is 0 Å². The minimum absolute atomic E-state index is 0.0122. The molecule has 0 unspecified atom stereocenters. The van der Waals surface area contributed by atoms with E-state index in [2.05, 4.69) is 57.5 Å². The number of epoxide rings is 1. The summed E-state index contributed by atoms with van der Waals surface area (Å²) in [5.41, 5.74) is -0.926. The molecule has 1 aromatic rings. The Balaban J connectivity index is 1.54. The van der Waals surface area contributed by atoms with Gasteiger partial charge in [0.2, 0.25) is 0 Å². The molecule has 4 aliphatic rings. The molecule has 43 heavy (non-hydrogen) atoms. The Labute approximate surface area is 256 Å². The van der Waals surface area contributed by atoms with Gasteiger partial charge in [-0.25, -0.2) is 4.18 Å². The van der Waals surface area contributed by atoms with Crippen molar-refractivity contribution in [2.75, 3.05) is 20.0 Å². The Bertz CT molecular complexity index is 1500. The van der Waals surface area contributed by atoms with E-state index in [0.29, 0.717) is 12.2 Å². The second-order valence-corrected chi connectivity index (χ2v) is 19.9. The summed E-state index contributed by atoms with van der Waals surface area (Å²) in [6, 6.07) is 7.70. The summed E-state index contributed by atoms with van der Waals surface area (Å²) in [6.45, 7) is 14.9. The van der Waals surface area contributed by atoms with Crippen molar-refractivity contribution in [3.8, 4) is 29.4 Å². The molecular formula is C32H42O9SSi.